The molecule has 65 heavy (non-hydrogen) atoms. The Kier molecular flexibility index (Phi) is 15.5. The van der Waals surface area contributed by atoms with Crippen molar-refractivity contribution in [3.8, 4) is 16.9 Å². The molecule has 6 rings (SSSR count). The molecule has 16 nitrogen and oxygen atoms in total. The fraction of sp³-hybridized carbons (Fsp3) is 0.286. The van der Waals surface area contributed by atoms with Gasteiger partial charge in [-0.15, -0.1) is 0 Å². The Hall–Kier alpha value is -7.75. The second-order valence-corrected chi connectivity index (χ2v) is 16.3. The number of benzene rings is 5. The second-order valence-electron chi connectivity index (χ2n) is 16.3. The van der Waals surface area contributed by atoms with Gasteiger partial charge in [0.25, 0.3) is 11.6 Å². The standard InChI is InChI=1S/C49H51N5O11/c1-49(2,3)65-46(57)51-28-12-11-19-43(44(50)55)53(34-22-20-33(21-23-34)30-63-48(59)64-36-26-24-35(25-27-36)54(60)61)45(56)42(29-32-13-5-4-6-14-32)52-47(58)62-31-41-39-17-9-7-15-37(39)38-16-8-10-18-40(38)41/h4-10,13-18,20-27,41-43H,11-12,19,28-31H2,1-3H3,(H2,50,55)(H,51,57)(H,52,58)/t42-,43-/m0/s1. The molecular formula is C49H51N5O11. The van der Waals surface area contributed by atoms with Gasteiger partial charge in [-0.05, 0) is 97.7 Å². The zero-order valence-electron chi connectivity index (χ0n) is 36.3. The first-order chi connectivity index (χ1) is 31.2. The Bertz CT molecular complexity index is 2430. The first kappa shape index (κ1) is 46.7. The number of nitrogens with one attached hydrogen (secondary N) is 2. The molecule has 1 aliphatic carbocycles. The number of nitrogens with two attached hydrogens (primary N) is 1. The van der Waals surface area contributed by atoms with Crippen molar-refractivity contribution in [2.75, 3.05) is 18.1 Å². The first-order valence-electron chi connectivity index (χ1n) is 21.1. The molecule has 4 amide bonds. The molecule has 0 bridgehead atoms. The predicted octanol–water partition coefficient (Wildman–Crippen LogP) is 8.34. The molecule has 0 aliphatic heterocycles. The molecule has 16 heteroatoms. The summed E-state index contributed by atoms with van der Waals surface area (Å²) in [5.74, 6) is -1.64. The lowest BCUT2D eigenvalue weighted by atomic mass is 9.98. The highest BCUT2D eigenvalue weighted by molar-refractivity contribution is 6.04. The highest BCUT2D eigenvalue weighted by atomic mass is 16.7. The minimum absolute atomic E-state index is 0.00200. The van der Waals surface area contributed by atoms with Crippen molar-refractivity contribution in [3.05, 3.63) is 160 Å². The summed E-state index contributed by atoms with van der Waals surface area (Å²) < 4.78 is 21.6. The maximum absolute atomic E-state index is 15.0. The number of non-ortho nitro benzene ring substituents is 1. The minimum Gasteiger partial charge on any atom is -0.449 e. The number of carbonyl (C=O) groups excluding carboxylic acids is 5. The van der Waals surface area contributed by atoms with E-state index in [9.17, 15) is 29.3 Å². The number of fused-ring (bicyclic) bond motifs is 3. The number of hydrogen-bond donors (Lipinski definition) is 3. The third-order valence-electron chi connectivity index (χ3n) is 10.5. The molecule has 0 radical (unpaired) electrons. The van der Waals surface area contributed by atoms with Crippen LogP contribution in [0.1, 0.15) is 68.2 Å². The molecule has 5 aromatic carbocycles. The van der Waals surface area contributed by atoms with E-state index in [-0.39, 0.29) is 55.6 Å². The van der Waals surface area contributed by atoms with Gasteiger partial charge in [-0.1, -0.05) is 91.0 Å². The molecule has 5 aromatic rings. The van der Waals surface area contributed by atoms with E-state index in [4.69, 9.17) is 24.7 Å². The van der Waals surface area contributed by atoms with Crippen LogP contribution in [0, 0.1) is 10.1 Å². The van der Waals surface area contributed by atoms with Crippen molar-refractivity contribution in [1.29, 1.82) is 0 Å². The molecule has 0 spiro atoms. The van der Waals surface area contributed by atoms with E-state index in [2.05, 4.69) is 10.6 Å². The lowest BCUT2D eigenvalue weighted by Crippen LogP contribution is -2.56. The number of nitro groups is 1. The van der Waals surface area contributed by atoms with Crippen molar-refractivity contribution < 1.29 is 47.8 Å². The zero-order valence-corrected chi connectivity index (χ0v) is 36.3. The molecule has 338 valence electrons. The smallest absolute Gasteiger partial charge is 0.449 e. The van der Waals surface area contributed by atoms with Crippen LogP contribution in [-0.2, 0) is 36.8 Å². The maximum Gasteiger partial charge on any atom is 0.514 e. The largest absolute Gasteiger partial charge is 0.514 e. The van der Waals surface area contributed by atoms with Crippen LogP contribution in [0.25, 0.3) is 11.1 Å². The van der Waals surface area contributed by atoms with Gasteiger partial charge in [0.05, 0.1) is 4.92 Å². The van der Waals surface area contributed by atoms with Gasteiger partial charge < -0.3 is 35.3 Å². The Morgan fingerprint density at radius 1 is 0.754 bits per heavy atom. The molecule has 0 fully saturated rings. The van der Waals surface area contributed by atoms with Gasteiger partial charge in [-0.25, -0.2) is 14.4 Å². The van der Waals surface area contributed by atoms with Crippen LogP contribution >= 0.6 is 0 Å². The lowest BCUT2D eigenvalue weighted by Gasteiger charge is -2.33. The van der Waals surface area contributed by atoms with Crippen LogP contribution in [0.3, 0.4) is 0 Å². The zero-order chi connectivity index (χ0) is 46.5. The number of nitro benzene ring substituents is 1. The molecular weight excluding hydrogens is 835 g/mol. The average Bonchev–Trinajstić information content (AvgIpc) is 3.60. The van der Waals surface area contributed by atoms with E-state index in [1.807, 2.05) is 78.9 Å². The monoisotopic (exact) mass is 885 g/mol. The predicted molar refractivity (Wildman–Crippen MR) is 241 cm³/mol. The Morgan fingerprint density at radius 3 is 1.97 bits per heavy atom. The second kappa shape index (κ2) is 21.6. The van der Waals surface area contributed by atoms with Crippen LogP contribution in [-0.4, -0.2) is 65.9 Å². The van der Waals surface area contributed by atoms with Crippen LogP contribution in [0.4, 0.5) is 25.8 Å². The summed E-state index contributed by atoms with van der Waals surface area (Å²) in [6, 6.07) is 33.7. The highest BCUT2D eigenvalue weighted by Crippen LogP contribution is 2.44. The summed E-state index contributed by atoms with van der Waals surface area (Å²) in [6.45, 7) is 5.24. The van der Waals surface area contributed by atoms with E-state index in [1.165, 1.54) is 29.2 Å². The number of carbonyl (C=O) groups is 5. The van der Waals surface area contributed by atoms with Gasteiger partial charge in [0.2, 0.25) is 5.91 Å². The van der Waals surface area contributed by atoms with Gasteiger partial charge in [0.15, 0.2) is 0 Å². The maximum atomic E-state index is 15.0. The number of amides is 4. The number of unbranched alkanes of at least 4 members (excludes halogenated alkanes) is 1. The summed E-state index contributed by atoms with van der Waals surface area (Å²) in [5, 5.41) is 16.4. The molecule has 2 atom stereocenters. The summed E-state index contributed by atoms with van der Waals surface area (Å²) in [5.41, 5.74) is 10.8. The van der Waals surface area contributed by atoms with E-state index < -0.39 is 52.8 Å². The van der Waals surface area contributed by atoms with Crippen molar-refractivity contribution in [2.45, 2.75) is 76.7 Å². The summed E-state index contributed by atoms with van der Waals surface area (Å²) in [7, 11) is 0. The van der Waals surface area contributed by atoms with Crippen LogP contribution in [0.15, 0.2) is 127 Å². The van der Waals surface area contributed by atoms with Crippen molar-refractivity contribution >= 4 is 41.5 Å². The fourth-order valence-electron chi connectivity index (χ4n) is 7.48. The number of alkyl carbamates (subject to hydrolysis) is 2. The molecule has 0 unspecified atom stereocenters. The van der Waals surface area contributed by atoms with Gasteiger partial charge >= 0.3 is 18.3 Å². The number of rotatable bonds is 18. The van der Waals surface area contributed by atoms with E-state index in [0.29, 0.717) is 18.4 Å². The fourth-order valence-corrected chi connectivity index (χ4v) is 7.48. The van der Waals surface area contributed by atoms with Crippen LogP contribution in [0.5, 0.6) is 5.75 Å². The Labute approximate surface area is 376 Å². The van der Waals surface area contributed by atoms with E-state index in [0.717, 1.165) is 27.8 Å². The molecule has 0 aromatic heterocycles. The summed E-state index contributed by atoms with van der Waals surface area (Å²) in [4.78, 5) is 78.5. The van der Waals surface area contributed by atoms with Crippen molar-refractivity contribution in [3.63, 3.8) is 0 Å². The van der Waals surface area contributed by atoms with Crippen LogP contribution < -0.4 is 26.0 Å². The highest BCUT2D eigenvalue weighted by Gasteiger charge is 2.36. The number of hydrogen-bond acceptors (Lipinski definition) is 11. The number of ether oxygens (including phenoxy) is 4. The quantitative estimate of drug-likeness (QED) is 0.0190. The van der Waals surface area contributed by atoms with E-state index >= 15 is 4.79 Å². The third-order valence-corrected chi connectivity index (χ3v) is 10.5. The van der Waals surface area contributed by atoms with E-state index in [1.54, 1.807) is 45.0 Å². The SMILES string of the molecule is CC(C)(C)OC(=O)NCCCC[C@@H](C(N)=O)N(C(=O)[C@H](Cc1ccccc1)NC(=O)OCC1c2ccccc2-c2ccccc21)c1ccc(COC(=O)Oc2ccc([N+](=O)[O-])cc2)cc1. The van der Waals surface area contributed by atoms with Gasteiger partial charge in [0, 0.05) is 36.7 Å². The molecule has 0 heterocycles. The Morgan fingerprint density at radius 2 is 1.37 bits per heavy atom. The number of nitrogens with zero attached hydrogens (tertiary/aromatic N) is 2. The third kappa shape index (κ3) is 12.9. The van der Waals surface area contributed by atoms with Crippen LogP contribution in [0.2, 0.25) is 0 Å². The topological polar surface area (TPSA) is 219 Å². The molecule has 1 aliphatic rings. The van der Waals surface area contributed by atoms with Crippen molar-refractivity contribution in [1.82, 2.24) is 10.6 Å². The lowest BCUT2D eigenvalue weighted by molar-refractivity contribution is -0.384. The molecule has 0 saturated heterocycles. The van der Waals surface area contributed by atoms with Crippen molar-refractivity contribution in [2.24, 2.45) is 5.73 Å². The normalized spacial score (nSPS) is 12.7. The van der Waals surface area contributed by atoms with Gasteiger partial charge in [-0.2, -0.15) is 0 Å². The number of primary amides is 1. The number of anilines is 1. The average molecular weight is 886 g/mol. The van der Waals surface area contributed by atoms with Gasteiger partial charge in [0.1, 0.15) is 36.6 Å². The summed E-state index contributed by atoms with van der Waals surface area (Å²) in [6.07, 6.45) is -1.57. The van der Waals surface area contributed by atoms with Gasteiger partial charge in [-0.3, -0.25) is 24.6 Å². The minimum atomic E-state index is -1.24. The molecule has 0 saturated carbocycles. The first-order valence-corrected chi connectivity index (χ1v) is 21.1. The molecule has 4 N–H and O–H groups in total. The Balaban J connectivity index is 1.21. The summed E-state index contributed by atoms with van der Waals surface area (Å²) >= 11 is 0.